The van der Waals surface area contributed by atoms with Crippen molar-refractivity contribution in [3.63, 3.8) is 0 Å². The van der Waals surface area contributed by atoms with Gasteiger partial charge in [-0.1, -0.05) is 24.3 Å². The maximum absolute atomic E-state index is 13.9. The molecule has 2 aromatic rings. The van der Waals surface area contributed by atoms with Gasteiger partial charge >= 0.3 is 6.03 Å². The summed E-state index contributed by atoms with van der Waals surface area (Å²) in [4.78, 5) is 26.3. The van der Waals surface area contributed by atoms with Crippen molar-refractivity contribution in [2.24, 2.45) is 0 Å². The molecule has 7 heteroatoms. The van der Waals surface area contributed by atoms with E-state index in [4.69, 9.17) is 9.47 Å². The highest BCUT2D eigenvalue weighted by Gasteiger charge is 2.49. The molecule has 25 heavy (non-hydrogen) atoms. The minimum absolute atomic E-state index is 0.120. The normalized spacial score (nSPS) is 21.6. The van der Waals surface area contributed by atoms with Crippen LogP contribution >= 0.6 is 0 Å². The number of carbonyl (C=O) groups excluding carboxylic acids is 2. The van der Waals surface area contributed by atoms with Gasteiger partial charge in [0.2, 0.25) is 6.79 Å². The van der Waals surface area contributed by atoms with E-state index < -0.39 is 23.3 Å². The number of hydrogen-bond donors (Lipinski definition) is 1. The van der Waals surface area contributed by atoms with Gasteiger partial charge in [0, 0.05) is 5.56 Å². The Labute approximate surface area is 143 Å². The van der Waals surface area contributed by atoms with E-state index in [0.29, 0.717) is 17.1 Å². The first-order valence-corrected chi connectivity index (χ1v) is 7.77. The molecule has 0 aliphatic carbocycles. The molecule has 128 valence electrons. The van der Waals surface area contributed by atoms with Gasteiger partial charge in [0.05, 0.1) is 6.54 Å². The summed E-state index contributed by atoms with van der Waals surface area (Å²) in [6, 6.07) is 10.6. The van der Waals surface area contributed by atoms with Gasteiger partial charge in [0.25, 0.3) is 5.91 Å². The number of rotatable bonds is 3. The number of fused-ring (bicyclic) bond motifs is 1. The van der Waals surface area contributed by atoms with Gasteiger partial charge < -0.3 is 14.8 Å². The Hall–Kier alpha value is -3.09. The van der Waals surface area contributed by atoms with E-state index in [1.165, 1.54) is 6.07 Å². The summed E-state index contributed by atoms with van der Waals surface area (Å²) in [5, 5.41) is 2.70. The van der Waals surface area contributed by atoms with Crippen molar-refractivity contribution >= 4 is 11.9 Å². The molecular weight excluding hydrogens is 327 g/mol. The average molecular weight is 342 g/mol. The van der Waals surface area contributed by atoms with Gasteiger partial charge in [0.15, 0.2) is 11.5 Å². The standard InChI is InChI=1S/C18H15FN2O4/c1-18(12-6-7-14-15(8-12)25-10-24-14)16(22)21(17(23)20-18)9-11-4-2-3-5-13(11)19/h2-8H,9-10H2,1H3,(H,20,23)/t18-/m1/s1. The first-order valence-electron chi connectivity index (χ1n) is 7.77. The van der Waals surface area contributed by atoms with E-state index in [0.717, 1.165) is 4.90 Å². The second kappa shape index (κ2) is 5.47. The minimum atomic E-state index is -1.25. The summed E-state index contributed by atoms with van der Waals surface area (Å²) in [5.74, 6) is 0.208. The van der Waals surface area contributed by atoms with Crippen molar-refractivity contribution in [3.05, 3.63) is 59.4 Å². The lowest BCUT2D eigenvalue weighted by Gasteiger charge is -2.22. The zero-order chi connectivity index (χ0) is 17.6. The van der Waals surface area contributed by atoms with Gasteiger partial charge in [-0.2, -0.15) is 0 Å². The Bertz CT molecular complexity index is 885. The van der Waals surface area contributed by atoms with Crippen LogP contribution in [0.3, 0.4) is 0 Å². The quantitative estimate of drug-likeness (QED) is 0.871. The second-order valence-electron chi connectivity index (χ2n) is 6.11. The van der Waals surface area contributed by atoms with E-state index in [-0.39, 0.29) is 18.9 Å². The number of imide groups is 1. The van der Waals surface area contributed by atoms with Crippen LogP contribution in [0, 0.1) is 5.82 Å². The molecule has 0 saturated carbocycles. The largest absolute Gasteiger partial charge is 0.454 e. The summed E-state index contributed by atoms with van der Waals surface area (Å²) in [7, 11) is 0. The van der Waals surface area contributed by atoms with Crippen molar-refractivity contribution in [1.82, 2.24) is 10.2 Å². The highest BCUT2D eigenvalue weighted by atomic mass is 19.1. The molecule has 1 N–H and O–H groups in total. The number of carbonyl (C=O) groups is 2. The van der Waals surface area contributed by atoms with Gasteiger partial charge in [0.1, 0.15) is 11.4 Å². The molecule has 2 aliphatic rings. The number of nitrogens with one attached hydrogen (secondary N) is 1. The number of hydrogen-bond acceptors (Lipinski definition) is 4. The number of nitrogens with zero attached hydrogens (tertiary/aromatic N) is 1. The molecule has 0 spiro atoms. The summed E-state index contributed by atoms with van der Waals surface area (Å²) in [6.45, 7) is 1.61. The molecule has 1 fully saturated rings. The lowest BCUT2D eigenvalue weighted by atomic mass is 9.91. The highest BCUT2D eigenvalue weighted by Crippen LogP contribution is 2.38. The molecule has 1 saturated heterocycles. The predicted molar refractivity (Wildman–Crippen MR) is 85.4 cm³/mol. The Morgan fingerprint density at radius 1 is 1.16 bits per heavy atom. The summed E-state index contributed by atoms with van der Waals surface area (Å²) in [5.41, 5.74) is -0.393. The van der Waals surface area contributed by atoms with Crippen molar-refractivity contribution in [1.29, 1.82) is 0 Å². The first-order chi connectivity index (χ1) is 12.0. The molecule has 2 heterocycles. The number of benzene rings is 2. The lowest BCUT2D eigenvalue weighted by molar-refractivity contribution is -0.131. The first kappa shape index (κ1) is 15.4. The van der Waals surface area contributed by atoms with Crippen LogP contribution in [0.5, 0.6) is 11.5 Å². The Morgan fingerprint density at radius 3 is 2.72 bits per heavy atom. The van der Waals surface area contributed by atoms with Crippen LogP contribution in [-0.2, 0) is 16.9 Å². The maximum Gasteiger partial charge on any atom is 0.325 e. The monoisotopic (exact) mass is 342 g/mol. The lowest BCUT2D eigenvalue weighted by Crippen LogP contribution is -2.40. The second-order valence-corrected chi connectivity index (χ2v) is 6.11. The van der Waals surface area contributed by atoms with Gasteiger partial charge in [-0.05, 0) is 30.7 Å². The molecule has 3 amide bonds. The SMILES string of the molecule is C[C@]1(c2ccc3c(c2)OCO3)NC(=O)N(Cc2ccccc2F)C1=O. The zero-order valence-corrected chi connectivity index (χ0v) is 13.4. The fourth-order valence-corrected chi connectivity index (χ4v) is 3.04. The van der Waals surface area contributed by atoms with E-state index in [1.807, 2.05) is 0 Å². The van der Waals surface area contributed by atoms with Crippen LogP contribution in [0.25, 0.3) is 0 Å². The fraction of sp³-hybridized carbons (Fsp3) is 0.222. The molecule has 2 aliphatic heterocycles. The maximum atomic E-state index is 13.9. The van der Waals surface area contributed by atoms with E-state index in [1.54, 1.807) is 43.3 Å². The Kier molecular flexibility index (Phi) is 3.38. The van der Waals surface area contributed by atoms with Crippen LogP contribution in [0.2, 0.25) is 0 Å². The van der Waals surface area contributed by atoms with E-state index in [9.17, 15) is 14.0 Å². The molecule has 0 bridgehead atoms. The highest BCUT2D eigenvalue weighted by molar-refractivity contribution is 6.07. The Morgan fingerprint density at radius 2 is 1.92 bits per heavy atom. The number of halogens is 1. The van der Waals surface area contributed by atoms with Crippen molar-refractivity contribution in [2.45, 2.75) is 19.0 Å². The topological polar surface area (TPSA) is 67.9 Å². The molecule has 1 atom stereocenters. The third-order valence-electron chi connectivity index (χ3n) is 4.51. The Balaban J connectivity index is 1.65. The molecular formula is C18H15FN2O4. The molecule has 6 nitrogen and oxygen atoms in total. The summed E-state index contributed by atoms with van der Waals surface area (Å²) in [6.07, 6.45) is 0. The number of urea groups is 1. The van der Waals surface area contributed by atoms with Crippen LogP contribution in [-0.4, -0.2) is 23.6 Å². The third-order valence-corrected chi connectivity index (χ3v) is 4.51. The van der Waals surface area contributed by atoms with Crippen LogP contribution in [0.1, 0.15) is 18.1 Å². The zero-order valence-electron chi connectivity index (χ0n) is 13.4. The number of ether oxygens (including phenoxy) is 2. The van der Waals surface area contributed by atoms with Crippen LogP contribution in [0.4, 0.5) is 9.18 Å². The summed E-state index contributed by atoms with van der Waals surface area (Å²) < 4.78 is 24.5. The molecule has 0 unspecified atom stereocenters. The van der Waals surface area contributed by atoms with Crippen molar-refractivity contribution in [3.8, 4) is 11.5 Å². The molecule has 4 rings (SSSR count). The van der Waals surface area contributed by atoms with E-state index in [2.05, 4.69) is 5.32 Å². The third kappa shape index (κ3) is 2.39. The van der Waals surface area contributed by atoms with Gasteiger partial charge in [-0.3, -0.25) is 9.69 Å². The molecule has 0 radical (unpaired) electrons. The smallest absolute Gasteiger partial charge is 0.325 e. The predicted octanol–water partition coefficient (Wildman–Crippen LogP) is 2.52. The van der Waals surface area contributed by atoms with Crippen molar-refractivity contribution < 1.29 is 23.5 Å². The van der Waals surface area contributed by atoms with Crippen LogP contribution in [0.15, 0.2) is 42.5 Å². The van der Waals surface area contributed by atoms with Gasteiger partial charge in [-0.15, -0.1) is 0 Å². The average Bonchev–Trinajstić information content (AvgIpc) is 3.15. The fourth-order valence-electron chi connectivity index (χ4n) is 3.04. The molecule has 2 aromatic carbocycles. The number of amides is 3. The van der Waals surface area contributed by atoms with Crippen LogP contribution < -0.4 is 14.8 Å². The van der Waals surface area contributed by atoms with Gasteiger partial charge in [-0.25, -0.2) is 9.18 Å². The van der Waals surface area contributed by atoms with E-state index >= 15 is 0 Å². The molecule has 0 aromatic heterocycles. The minimum Gasteiger partial charge on any atom is -0.454 e. The van der Waals surface area contributed by atoms with Crippen molar-refractivity contribution in [2.75, 3.05) is 6.79 Å². The summed E-state index contributed by atoms with van der Waals surface area (Å²) >= 11 is 0.